The molecule has 3 N–H and O–H groups in total. The van der Waals surface area contributed by atoms with Gasteiger partial charge in [0, 0.05) is 12.1 Å². The van der Waals surface area contributed by atoms with E-state index in [4.69, 9.17) is 4.74 Å². The first-order chi connectivity index (χ1) is 14.3. The molecule has 0 unspecified atom stereocenters. The number of ether oxygens (including phenoxy) is 1. The zero-order chi connectivity index (χ0) is 21.7. The van der Waals surface area contributed by atoms with Gasteiger partial charge in [-0.15, -0.1) is 0 Å². The zero-order valence-corrected chi connectivity index (χ0v) is 16.6. The lowest BCUT2D eigenvalue weighted by atomic mass is 9.98. The minimum absolute atomic E-state index is 0.121. The SMILES string of the molecule is C[C@H](OC(=O)CCN1C(=O)NC2(CCCC2)C1=O)C(=O)NNC(=O)c1ccccc1. The van der Waals surface area contributed by atoms with Gasteiger partial charge in [-0.2, -0.15) is 0 Å². The average Bonchev–Trinajstić information content (AvgIpc) is 3.30. The summed E-state index contributed by atoms with van der Waals surface area (Å²) in [5, 5.41) is 2.73. The predicted octanol–water partition coefficient (Wildman–Crippen LogP) is 0.634. The molecule has 1 saturated heterocycles. The van der Waals surface area contributed by atoms with Gasteiger partial charge in [-0.05, 0) is 31.9 Å². The van der Waals surface area contributed by atoms with E-state index in [0.29, 0.717) is 18.4 Å². The molecule has 160 valence electrons. The van der Waals surface area contributed by atoms with Crippen molar-refractivity contribution in [2.24, 2.45) is 0 Å². The van der Waals surface area contributed by atoms with Crippen LogP contribution < -0.4 is 16.2 Å². The number of carbonyl (C=O) groups excluding carboxylic acids is 5. The molecule has 10 nitrogen and oxygen atoms in total. The summed E-state index contributed by atoms with van der Waals surface area (Å²) < 4.78 is 5.03. The van der Waals surface area contributed by atoms with E-state index in [2.05, 4.69) is 16.2 Å². The van der Waals surface area contributed by atoms with Crippen molar-refractivity contribution in [3.05, 3.63) is 35.9 Å². The molecule has 10 heteroatoms. The number of benzene rings is 1. The van der Waals surface area contributed by atoms with Gasteiger partial charge in [0.2, 0.25) is 0 Å². The van der Waals surface area contributed by atoms with Crippen LogP contribution in [-0.4, -0.2) is 52.8 Å². The summed E-state index contributed by atoms with van der Waals surface area (Å²) in [5.74, 6) is -2.28. The molecule has 0 radical (unpaired) electrons. The second-order valence-corrected chi connectivity index (χ2v) is 7.37. The lowest BCUT2D eigenvalue weighted by Gasteiger charge is -2.20. The monoisotopic (exact) mass is 416 g/mol. The molecule has 1 aliphatic carbocycles. The van der Waals surface area contributed by atoms with E-state index in [1.54, 1.807) is 30.3 Å². The molecule has 0 aromatic heterocycles. The predicted molar refractivity (Wildman–Crippen MR) is 104 cm³/mol. The second kappa shape index (κ2) is 8.93. The first kappa shape index (κ1) is 21.3. The zero-order valence-electron chi connectivity index (χ0n) is 16.6. The summed E-state index contributed by atoms with van der Waals surface area (Å²) in [6.07, 6.45) is 1.54. The van der Waals surface area contributed by atoms with Crippen LogP contribution >= 0.6 is 0 Å². The lowest BCUT2D eigenvalue weighted by molar-refractivity contribution is -0.155. The van der Waals surface area contributed by atoms with Gasteiger partial charge in [-0.3, -0.25) is 34.9 Å². The Kier molecular flexibility index (Phi) is 6.34. The largest absolute Gasteiger partial charge is 0.452 e. The Morgan fingerprint density at radius 2 is 1.80 bits per heavy atom. The summed E-state index contributed by atoms with van der Waals surface area (Å²) in [5.41, 5.74) is 3.95. The fraction of sp³-hybridized carbons (Fsp3) is 0.450. The smallest absolute Gasteiger partial charge is 0.325 e. The molecule has 1 saturated carbocycles. The van der Waals surface area contributed by atoms with Crippen molar-refractivity contribution in [3.63, 3.8) is 0 Å². The number of urea groups is 1. The van der Waals surface area contributed by atoms with Gasteiger partial charge in [-0.25, -0.2) is 4.79 Å². The highest BCUT2D eigenvalue weighted by Gasteiger charge is 2.52. The van der Waals surface area contributed by atoms with Gasteiger partial charge in [0.25, 0.3) is 17.7 Å². The minimum atomic E-state index is -1.17. The van der Waals surface area contributed by atoms with E-state index in [0.717, 1.165) is 17.7 Å². The molecule has 3 rings (SSSR count). The van der Waals surface area contributed by atoms with Crippen molar-refractivity contribution in [2.45, 2.75) is 50.7 Å². The summed E-state index contributed by atoms with van der Waals surface area (Å²) in [4.78, 5) is 61.6. The van der Waals surface area contributed by atoms with Crippen molar-refractivity contribution in [1.82, 2.24) is 21.1 Å². The van der Waals surface area contributed by atoms with Gasteiger partial charge in [-0.1, -0.05) is 31.0 Å². The van der Waals surface area contributed by atoms with Crippen LogP contribution in [0.4, 0.5) is 4.79 Å². The second-order valence-electron chi connectivity index (χ2n) is 7.37. The third-order valence-electron chi connectivity index (χ3n) is 5.26. The molecule has 1 spiro atoms. The molecule has 1 aromatic rings. The molecule has 1 aromatic carbocycles. The van der Waals surface area contributed by atoms with Gasteiger partial charge >= 0.3 is 12.0 Å². The van der Waals surface area contributed by atoms with Crippen LogP contribution in [0.1, 0.15) is 49.4 Å². The number of esters is 1. The summed E-state index contributed by atoms with van der Waals surface area (Å²) in [7, 11) is 0. The number of nitrogens with zero attached hydrogens (tertiary/aromatic N) is 1. The number of hydrogen-bond donors (Lipinski definition) is 3. The normalized spacial score (nSPS) is 18.1. The van der Waals surface area contributed by atoms with Gasteiger partial charge in [0.05, 0.1) is 6.42 Å². The highest BCUT2D eigenvalue weighted by molar-refractivity contribution is 6.07. The average molecular weight is 416 g/mol. The van der Waals surface area contributed by atoms with Crippen molar-refractivity contribution in [2.75, 3.05) is 6.54 Å². The third kappa shape index (κ3) is 4.58. The first-order valence-corrected chi connectivity index (χ1v) is 9.81. The fourth-order valence-electron chi connectivity index (χ4n) is 3.59. The van der Waals surface area contributed by atoms with Crippen molar-refractivity contribution < 1.29 is 28.7 Å². The Morgan fingerprint density at radius 1 is 1.13 bits per heavy atom. The molecule has 0 bridgehead atoms. The first-order valence-electron chi connectivity index (χ1n) is 9.81. The maximum Gasteiger partial charge on any atom is 0.325 e. The Balaban J connectivity index is 1.42. The summed E-state index contributed by atoms with van der Waals surface area (Å²) >= 11 is 0. The number of rotatable bonds is 6. The van der Waals surface area contributed by atoms with Crippen LogP contribution in [0, 0.1) is 0 Å². The Morgan fingerprint density at radius 3 is 2.47 bits per heavy atom. The van der Waals surface area contributed by atoms with Gasteiger partial charge in [0.1, 0.15) is 5.54 Å². The van der Waals surface area contributed by atoms with E-state index in [1.165, 1.54) is 6.92 Å². The van der Waals surface area contributed by atoms with Crippen molar-refractivity contribution in [3.8, 4) is 0 Å². The van der Waals surface area contributed by atoms with Crippen LogP contribution in [0.2, 0.25) is 0 Å². The number of carbonyl (C=O) groups is 5. The minimum Gasteiger partial charge on any atom is -0.452 e. The number of hydrazine groups is 1. The van der Waals surface area contributed by atoms with Gasteiger partial charge in [0.15, 0.2) is 6.10 Å². The summed E-state index contributed by atoms with van der Waals surface area (Å²) in [6, 6.07) is 7.77. The summed E-state index contributed by atoms with van der Waals surface area (Å²) in [6.45, 7) is 1.23. The molecule has 5 amide bonds. The maximum atomic E-state index is 12.5. The topological polar surface area (TPSA) is 134 Å². The molecule has 1 atom stereocenters. The molecule has 1 aliphatic heterocycles. The van der Waals surface area contributed by atoms with E-state index in [-0.39, 0.29) is 18.9 Å². The molecular formula is C20H24N4O6. The van der Waals surface area contributed by atoms with Crippen LogP contribution in [0.3, 0.4) is 0 Å². The van der Waals surface area contributed by atoms with E-state index < -0.39 is 35.5 Å². The van der Waals surface area contributed by atoms with Crippen molar-refractivity contribution >= 4 is 29.7 Å². The molecule has 2 aliphatic rings. The Hall–Kier alpha value is -3.43. The quantitative estimate of drug-likeness (QED) is 0.354. The molecule has 2 fully saturated rings. The van der Waals surface area contributed by atoms with Crippen molar-refractivity contribution in [1.29, 1.82) is 0 Å². The van der Waals surface area contributed by atoms with E-state index >= 15 is 0 Å². The highest BCUT2D eigenvalue weighted by atomic mass is 16.5. The van der Waals surface area contributed by atoms with Crippen LogP contribution in [0.25, 0.3) is 0 Å². The fourth-order valence-corrected chi connectivity index (χ4v) is 3.59. The Bertz CT molecular complexity index is 850. The van der Waals surface area contributed by atoms with E-state index in [9.17, 15) is 24.0 Å². The number of nitrogens with one attached hydrogen (secondary N) is 3. The maximum absolute atomic E-state index is 12.5. The number of amides is 5. The molecular weight excluding hydrogens is 392 g/mol. The Labute approximate surface area is 173 Å². The van der Waals surface area contributed by atoms with Crippen LogP contribution in [0.15, 0.2) is 30.3 Å². The van der Waals surface area contributed by atoms with Crippen LogP contribution in [0.5, 0.6) is 0 Å². The lowest BCUT2D eigenvalue weighted by Crippen LogP contribution is -2.47. The number of imide groups is 1. The van der Waals surface area contributed by atoms with Gasteiger partial charge < -0.3 is 10.1 Å². The number of hydrogen-bond acceptors (Lipinski definition) is 6. The van der Waals surface area contributed by atoms with Crippen LogP contribution in [-0.2, 0) is 19.1 Å². The standard InChI is InChI=1S/C20H24N4O6/c1-13(16(26)22-23-17(27)14-7-3-2-4-8-14)30-15(25)9-12-24-18(28)20(21-19(24)29)10-5-6-11-20/h2-4,7-8,13H,5-6,9-12H2,1H3,(H,21,29)(H,22,26)(H,23,27)/t13-/m0/s1. The van der Waals surface area contributed by atoms with E-state index in [1.807, 2.05) is 0 Å². The third-order valence-corrected chi connectivity index (χ3v) is 5.26. The molecule has 1 heterocycles. The highest BCUT2D eigenvalue weighted by Crippen LogP contribution is 2.35. The molecule has 30 heavy (non-hydrogen) atoms.